The molecule has 1 aliphatic rings. The van der Waals surface area contributed by atoms with E-state index in [4.69, 9.17) is 4.74 Å². The summed E-state index contributed by atoms with van der Waals surface area (Å²) < 4.78 is 5.66. The Hall–Kier alpha value is -1.84. The third-order valence-corrected chi connectivity index (χ3v) is 4.51. The number of para-hydroxylation sites is 1. The molecule has 122 valence electrons. The predicted octanol–water partition coefficient (Wildman–Crippen LogP) is 3.31. The quantitative estimate of drug-likeness (QED) is 0.938. The minimum atomic E-state index is 0.242. The molecule has 0 amide bonds. The molecule has 1 heterocycles. The molecule has 0 aliphatic carbocycles. The van der Waals surface area contributed by atoms with Gasteiger partial charge in [0.1, 0.15) is 5.75 Å². The van der Waals surface area contributed by atoms with Crippen molar-refractivity contribution >= 4 is 0 Å². The fraction of sp³-hybridized carbons (Fsp3) is 0.400. The van der Waals surface area contributed by atoms with Crippen molar-refractivity contribution in [3.63, 3.8) is 0 Å². The highest BCUT2D eigenvalue weighted by molar-refractivity contribution is 5.43. The molecule has 1 atom stereocenters. The van der Waals surface area contributed by atoms with Crippen LogP contribution in [0.5, 0.6) is 5.75 Å². The third-order valence-electron chi connectivity index (χ3n) is 4.51. The zero-order valence-corrected chi connectivity index (χ0v) is 14.3. The van der Waals surface area contributed by atoms with E-state index in [-0.39, 0.29) is 6.04 Å². The summed E-state index contributed by atoms with van der Waals surface area (Å²) in [5.74, 6) is 0.968. The highest BCUT2D eigenvalue weighted by Gasteiger charge is 2.26. The summed E-state index contributed by atoms with van der Waals surface area (Å²) in [6, 6.07) is 15.5. The summed E-state index contributed by atoms with van der Waals surface area (Å²) in [6.07, 6.45) is 0. The van der Waals surface area contributed by atoms with Crippen molar-refractivity contribution in [1.29, 1.82) is 0 Å². The number of ether oxygens (including phenoxy) is 1. The fourth-order valence-electron chi connectivity index (χ4n) is 3.59. The molecule has 1 aliphatic heterocycles. The maximum Gasteiger partial charge on any atom is 0.123 e. The van der Waals surface area contributed by atoms with Crippen LogP contribution in [-0.2, 0) is 0 Å². The number of hydrogen-bond acceptors (Lipinski definition) is 3. The van der Waals surface area contributed by atoms with Gasteiger partial charge in [0.15, 0.2) is 0 Å². The van der Waals surface area contributed by atoms with Gasteiger partial charge in [0.25, 0.3) is 0 Å². The van der Waals surface area contributed by atoms with E-state index in [1.165, 1.54) is 22.3 Å². The Kier molecular flexibility index (Phi) is 4.99. The Morgan fingerprint density at radius 3 is 2.30 bits per heavy atom. The van der Waals surface area contributed by atoms with E-state index >= 15 is 0 Å². The topological polar surface area (TPSA) is 24.5 Å². The van der Waals surface area contributed by atoms with Crippen LogP contribution in [0.15, 0.2) is 42.5 Å². The van der Waals surface area contributed by atoms with Crippen molar-refractivity contribution in [3.05, 3.63) is 64.7 Å². The van der Waals surface area contributed by atoms with Crippen molar-refractivity contribution in [2.45, 2.75) is 19.9 Å². The lowest BCUT2D eigenvalue weighted by atomic mass is 9.93. The molecule has 0 aromatic heterocycles. The zero-order chi connectivity index (χ0) is 16.2. The summed E-state index contributed by atoms with van der Waals surface area (Å²) in [6.45, 7) is 8.53. The Morgan fingerprint density at radius 2 is 1.65 bits per heavy atom. The normalized spacial score (nSPS) is 17.0. The zero-order valence-electron chi connectivity index (χ0n) is 14.3. The Labute approximate surface area is 139 Å². The standard InChI is InChI=1S/C20H26N2O/c1-15-12-16(2)14-17(13-15)20(22-10-8-21-9-11-22)18-6-4-5-7-19(18)23-3/h4-7,12-14,20-21H,8-11H2,1-3H3. The van der Waals surface area contributed by atoms with Crippen LogP contribution in [0, 0.1) is 13.8 Å². The molecular formula is C20H26N2O. The smallest absolute Gasteiger partial charge is 0.123 e. The molecule has 3 heteroatoms. The number of benzene rings is 2. The minimum Gasteiger partial charge on any atom is -0.496 e. The molecule has 0 bridgehead atoms. The van der Waals surface area contributed by atoms with Gasteiger partial charge in [-0.05, 0) is 25.5 Å². The molecule has 0 saturated carbocycles. The molecule has 2 aromatic rings. The van der Waals surface area contributed by atoms with Gasteiger partial charge in [-0.1, -0.05) is 47.5 Å². The molecule has 1 saturated heterocycles. The van der Waals surface area contributed by atoms with Crippen LogP contribution < -0.4 is 10.1 Å². The number of piperazine rings is 1. The van der Waals surface area contributed by atoms with Crippen LogP contribution in [0.3, 0.4) is 0 Å². The molecular weight excluding hydrogens is 284 g/mol. The van der Waals surface area contributed by atoms with Crippen molar-refractivity contribution in [1.82, 2.24) is 10.2 Å². The lowest BCUT2D eigenvalue weighted by Gasteiger charge is -2.36. The lowest BCUT2D eigenvalue weighted by Crippen LogP contribution is -2.45. The molecule has 23 heavy (non-hydrogen) atoms. The average molecular weight is 310 g/mol. The number of rotatable bonds is 4. The second-order valence-electron chi connectivity index (χ2n) is 6.35. The van der Waals surface area contributed by atoms with Gasteiger partial charge in [-0.25, -0.2) is 0 Å². The summed E-state index contributed by atoms with van der Waals surface area (Å²) in [5, 5.41) is 3.45. The van der Waals surface area contributed by atoms with Crippen LogP contribution in [0.2, 0.25) is 0 Å². The van der Waals surface area contributed by atoms with E-state index in [1.807, 2.05) is 6.07 Å². The number of hydrogen-bond donors (Lipinski definition) is 1. The summed E-state index contributed by atoms with van der Waals surface area (Å²) in [7, 11) is 1.76. The first-order valence-electron chi connectivity index (χ1n) is 8.35. The monoisotopic (exact) mass is 310 g/mol. The van der Waals surface area contributed by atoms with E-state index in [2.05, 4.69) is 60.5 Å². The summed E-state index contributed by atoms with van der Waals surface area (Å²) in [5.41, 5.74) is 5.24. The van der Waals surface area contributed by atoms with Crippen molar-refractivity contribution in [2.75, 3.05) is 33.3 Å². The Bertz CT molecular complexity index is 642. The third kappa shape index (κ3) is 3.57. The van der Waals surface area contributed by atoms with Crippen LogP contribution in [-0.4, -0.2) is 38.2 Å². The van der Waals surface area contributed by atoms with E-state index in [9.17, 15) is 0 Å². The van der Waals surface area contributed by atoms with Gasteiger partial charge < -0.3 is 10.1 Å². The van der Waals surface area contributed by atoms with Gasteiger partial charge in [-0.3, -0.25) is 4.90 Å². The maximum absolute atomic E-state index is 5.66. The van der Waals surface area contributed by atoms with Gasteiger partial charge in [-0.2, -0.15) is 0 Å². The number of methoxy groups -OCH3 is 1. The second kappa shape index (κ2) is 7.16. The summed E-state index contributed by atoms with van der Waals surface area (Å²) in [4.78, 5) is 2.56. The second-order valence-corrected chi connectivity index (χ2v) is 6.35. The molecule has 2 aromatic carbocycles. The molecule has 1 N–H and O–H groups in total. The minimum absolute atomic E-state index is 0.242. The Morgan fingerprint density at radius 1 is 1.00 bits per heavy atom. The van der Waals surface area contributed by atoms with Gasteiger partial charge in [0.2, 0.25) is 0 Å². The molecule has 0 spiro atoms. The van der Waals surface area contributed by atoms with Gasteiger partial charge in [-0.15, -0.1) is 0 Å². The number of nitrogens with zero attached hydrogens (tertiary/aromatic N) is 1. The van der Waals surface area contributed by atoms with Crippen molar-refractivity contribution in [3.8, 4) is 5.75 Å². The number of aryl methyl sites for hydroxylation is 2. The predicted molar refractivity (Wildman–Crippen MR) is 95.2 cm³/mol. The maximum atomic E-state index is 5.66. The van der Waals surface area contributed by atoms with Gasteiger partial charge in [0.05, 0.1) is 13.2 Å². The molecule has 3 nitrogen and oxygen atoms in total. The first kappa shape index (κ1) is 16.0. The van der Waals surface area contributed by atoms with E-state index < -0.39 is 0 Å². The molecule has 1 unspecified atom stereocenters. The molecule has 0 radical (unpaired) electrons. The highest BCUT2D eigenvalue weighted by atomic mass is 16.5. The van der Waals surface area contributed by atoms with Crippen LogP contribution in [0.1, 0.15) is 28.3 Å². The average Bonchev–Trinajstić information content (AvgIpc) is 2.56. The lowest BCUT2D eigenvalue weighted by molar-refractivity contribution is 0.195. The fourth-order valence-corrected chi connectivity index (χ4v) is 3.59. The highest BCUT2D eigenvalue weighted by Crippen LogP contribution is 2.35. The Balaban J connectivity index is 2.09. The van der Waals surface area contributed by atoms with Gasteiger partial charge >= 0.3 is 0 Å². The van der Waals surface area contributed by atoms with Crippen LogP contribution in [0.25, 0.3) is 0 Å². The van der Waals surface area contributed by atoms with Gasteiger partial charge in [0, 0.05) is 31.7 Å². The molecule has 3 rings (SSSR count). The SMILES string of the molecule is COc1ccccc1C(c1cc(C)cc(C)c1)N1CCNCC1. The largest absolute Gasteiger partial charge is 0.496 e. The van der Waals surface area contributed by atoms with E-state index in [0.717, 1.165) is 31.9 Å². The summed E-state index contributed by atoms with van der Waals surface area (Å²) >= 11 is 0. The van der Waals surface area contributed by atoms with Crippen LogP contribution >= 0.6 is 0 Å². The first-order valence-corrected chi connectivity index (χ1v) is 8.35. The van der Waals surface area contributed by atoms with Crippen molar-refractivity contribution in [2.24, 2.45) is 0 Å². The molecule has 1 fully saturated rings. The van der Waals surface area contributed by atoms with E-state index in [0.29, 0.717) is 0 Å². The number of nitrogens with one attached hydrogen (secondary N) is 1. The first-order chi connectivity index (χ1) is 11.2. The van der Waals surface area contributed by atoms with Crippen LogP contribution in [0.4, 0.5) is 0 Å². The van der Waals surface area contributed by atoms with Crippen molar-refractivity contribution < 1.29 is 4.74 Å². The van der Waals surface area contributed by atoms with E-state index in [1.54, 1.807) is 7.11 Å².